The summed E-state index contributed by atoms with van der Waals surface area (Å²) in [6, 6.07) is 10.0. The van der Waals surface area contributed by atoms with Crippen LogP contribution in [0.4, 0.5) is 0 Å². The Labute approximate surface area is 115 Å². The van der Waals surface area contributed by atoms with Crippen molar-refractivity contribution in [2.24, 2.45) is 0 Å². The SMILES string of the molecule is CN(CCOc1cccc(CNC2CC2)c1)C1CC1. The summed E-state index contributed by atoms with van der Waals surface area (Å²) in [5.41, 5.74) is 1.32. The Morgan fingerprint density at radius 2 is 2.11 bits per heavy atom. The number of hydrogen-bond acceptors (Lipinski definition) is 3. The molecule has 3 nitrogen and oxygen atoms in total. The van der Waals surface area contributed by atoms with Gasteiger partial charge in [-0.25, -0.2) is 0 Å². The molecule has 1 aromatic rings. The summed E-state index contributed by atoms with van der Waals surface area (Å²) in [5.74, 6) is 0.999. The zero-order valence-corrected chi connectivity index (χ0v) is 11.8. The zero-order chi connectivity index (χ0) is 13.1. The van der Waals surface area contributed by atoms with E-state index in [0.29, 0.717) is 0 Å². The van der Waals surface area contributed by atoms with Crippen molar-refractivity contribution in [1.82, 2.24) is 10.2 Å². The third kappa shape index (κ3) is 4.22. The van der Waals surface area contributed by atoms with Crippen molar-refractivity contribution in [1.29, 1.82) is 0 Å². The topological polar surface area (TPSA) is 24.5 Å². The van der Waals surface area contributed by atoms with Crippen LogP contribution >= 0.6 is 0 Å². The van der Waals surface area contributed by atoms with E-state index in [4.69, 9.17) is 4.74 Å². The van der Waals surface area contributed by atoms with Crippen molar-refractivity contribution in [3.05, 3.63) is 29.8 Å². The molecule has 0 amide bonds. The molecule has 2 fully saturated rings. The van der Waals surface area contributed by atoms with Crippen LogP contribution in [0.1, 0.15) is 31.2 Å². The number of ether oxygens (including phenoxy) is 1. The van der Waals surface area contributed by atoms with Gasteiger partial charge in [0.25, 0.3) is 0 Å². The molecule has 0 unspecified atom stereocenters. The molecule has 1 aromatic carbocycles. The second kappa shape index (κ2) is 5.93. The standard InChI is InChI=1S/C16H24N2O/c1-18(15-7-8-15)9-10-19-16-4-2-3-13(11-16)12-17-14-5-6-14/h2-4,11,14-15,17H,5-10,12H2,1H3. The maximum Gasteiger partial charge on any atom is 0.119 e. The van der Waals surface area contributed by atoms with Gasteiger partial charge in [0.15, 0.2) is 0 Å². The molecule has 0 heterocycles. The molecule has 0 radical (unpaired) electrons. The van der Waals surface area contributed by atoms with Crippen molar-refractivity contribution in [2.45, 2.75) is 44.3 Å². The summed E-state index contributed by atoms with van der Waals surface area (Å²) < 4.78 is 5.85. The van der Waals surface area contributed by atoms with Crippen molar-refractivity contribution in [3.8, 4) is 5.75 Å². The molecule has 0 aromatic heterocycles. The fourth-order valence-corrected chi connectivity index (χ4v) is 2.30. The lowest BCUT2D eigenvalue weighted by atomic mass is 10.2. The van der Waals surface area contributed by atoms with Gasteiger partial charge in [0.05, 0.1) is 0 Å². The van der Waals surface area contributed by atoms with Crippen LogP contribution in [0.25, 0.3) is 0 Å². The predicted molar refractivity (Wildman–Crippen MR) is 77.5 cm³/mol. The van der Waals surface area contributed by atoms with E-state index in [1.807, 2.05) is 0 Å². The first-order chi connectivity index (χ1) is 9.31. The van der Waals surface area contributed by atoms with Crippen LogP contribution in [-0.4, -0.2) is 37.2 Å². The molecule has 0 saturated heterocycles. The van der Waals surface area contributed by atoms with Crippen LogP contribution in [0.5, 0.6) is 5.75 Å². The second-order valence-electron chi connectivity index (χ2n) is 5.86. The third-order valence-corrected chi connectivity index (χ3v) is 3.95. The first-order valence-electron chi connectivity index (χ1n) is 7.46. The van der Waals surface area contributed by atoms with Gasteiger partial charge in [-0.1, -0.05) is 12.1 Å². The zero-order valence-electron chi connectivity index (χ0n) is 11.8. The molecule has 2 saturated carbocycles. The van der Waals surface area contributed by atoms with Crippen molar-refractivity contribution < 1.29 is 4.74 Å². The molecule has 0 spiro atoms. The molecular weight excluding hydrogens is 236 g/mol. The molecule has 2 aliphatic carbocycles. The van der Waals surface area contributed by atoms with E-state index >= 15 is 0 Å². The number of nitrogens with one attached hydrogen (secondary N) is 1. The average Bonchev–Trinajstić information content (AvgIpc) is 3.30. The molecule has 104 valence electrons. The van der Waals surface area contributed by atoms with Crippen LogP contribution < -0.4 is 10.1 Å². The van der Waals surface area contributed by atoms with Gasteiger partial charge in [0.1, 0.15) is 12.4 Å². The lowest BCUT2D eigenvalue weighted by Crippen LogP contribution is -2.26. The van der Waals surface area contributed by atoms with Crippen LogP contribution in [0.3, 0.4) is 0 Å². The number of nitrogens with zero attached hydrogens (tertiary/aromatic N) is 1. The predicted octanol–water partition coefficient (Wildman–Crippen LogP) is 2.41. The Hall–Kier alpha value is -1.06. The highest BCUT2D eigenvalue weighted by atomic mass is 16.5. The van der Waals surface area contributed by atoms with Crippen molar-refractivity contribution in [2.75, 3.05) is 20.2 Å². The van der Waals surface area contributed by atoms with E-state index in [0.717, 1.165) is 37.5 Å². The number of likely N-dealkylation sites (N-methyl/N-ethyl adjacent to an activating group) is 1. The largest absolute Gasteiger partial charge is 0.492 e. The third-order valence-electron chi connectivity index (χ3n) is 3.95. The van der Waals surface area contributed by atoms with Crippen LogP contribution in [-0.2, 0) is 6.54 Å². The first-order valence-corrected chi connectivity index (χ1v) is 7.46. The smallest absolute Gasteiger partial charge is 0.119 e. The van der Waals surface area contributed by atoms with Gasteiger partial charge in [-0.05, 0) is 50.4 Å². The highest BCUT2D eigenvalue weighted by molar-refractivity contribution is 5.28. The Morgan fingerprint density at radius 3 is 2.84 bits per heavy atom. The Morgan fingerprint density at radius 1 is 1.26 bits per heavy atom. The molecule has 3 rings (SSSR count). The Bertz CT molecular complexity index is 413. The number of rotatable bonds is 8. The van der Waals surface area contributed by atoms with Gasteiger partial charge in [-0.2, -0.15) is 0 Å². The van der Waals surface area contributed by atoms with Crippen LogP contribution in [0.15, 0.2) is 24.3 Å². The minimum Gasteiger partial charge on any atom is -0.492 e. The molecule has 3 heteroatoms. The number of hydrogen-bond donors (Lipinski definition) is 1. The van der Waals surface area contributed by atoms with Gasteiger partial charge < -0.3 is 15.0 Å². The van der Waals surface area contributed by atoms with Crippen LogP contribution in [0, 0.1) is 0 Å². The molecule has 1 N–H and O–H groups in total. The lowest BCUT2D eigenvalue weighted by molar-refractivity contribution is 0.232. The highest BCUT2D eigenvalue weighted by Gasteiger charge is 2.25. The minimum atomic E-state index is 0.761. The van der Waals surface area contributed by atoms with Crippen LogP contribution in [0.2, 0.25) is 0 Å². The van der Waals surface area contributed by atoms with Crippen molar-refractivity contribution >= 4 is 0 Å². The van der Waals surface area contributed by atoms with E-state index in [1.54, 1.807) is 0 Å². The van der Waals surface area contributed by atoms with Gasteiger partial charge in [0, 0.05) is 25.2 Å². The van der Waals surface area contributed by atoms with E-state index in [-0.39, 0.29) is 0 Å². The average molecular weight is 260 g/mol. The van der Waals surface area contributed by atoms with Gasteiger partial charge in [-0.3, -0.25) is 0 Å². The molecule has 0 bridgehead atoms. The quantitative estimate of drug-likeness (QED) is 0.777. The lowest BCUT2D eigenvalue weighted by Gasteiger charge is -2.16. The fraction of sp³-hybridized carbons (Fsp3) is 0.625. The van der Waals surface area contributed by atoms with E-state index in [1.165, 1.54) is 31.2 Å². The van der Waals surface area contributed by atoms with Gasteiger partial charge in [-0.15, -0.1) is 0 Å². The molecular formula is C16H24N2O. The summed E-state index contributed by atoms with van der Waals surface area (Å²) in [4.78, 5) is 2.40. The van der Waals surface area contributed by atoms with E-state index in [2.05, 4.69) is 41.5 Å². The van der Waals surface area contributed by atoms with Gasteiger partial charge >= 0.3 is 0 Å². The number of benzene rings is 1. The monoisotopic (exact) mass is 260 g/mol. The normalized spacial score (nSPS) is 18.8. The highest BCUT2D eigenvalue weighted by Crippen LogP contribution is 2.25. The molecule has 0 aliphatic heterocycles. The maximum absolute atomic E-state index is 5.85. The van der Waals surface area contributed by atoms with Crippen molar-refractivity contribution in [3.63, 3.8) is 0 Å². The first kappa shape index (κ1) is 12.9. The second-order valence-corrected chi connectivity index (χ2v) is 5.86. The minimum absolute atomic E-state index is 0.761. The Kier molecular flexibility index (Phi) is 4.04. The summed E-state index contributed by atoms with van der Waals surface area (Å²) in [7, 11) is 2.19. The molecule has 2 aliphatic rings. The Balaban J connectivity index is 1.42. The van der Waals surface area contributed by atoms with E-state index < -0.39 is 0 Å². The molecule has 19 heavy (non-hydrogen) atoms. The van der Waals surface area contributed by atoms with Gasteiger partial charge in [0.2, 0.25) is 0 Å². The summed E-state index contributed by atoms with van der Waals surface area (Å²) in [6.07, 6.45) is 5.39. The molecule has 0 atom stereocenters. The fourth-order valence-electron chi connectivity index (χ4n) is 2.30. The van der Waals surface area contributed by atoms with E-state index in [9.17, 15) is 0 Å². The maximum atomic E-state index is 5.85. The summed E-state index contributed by atoms with van der Waals surface area (Å²) >= 11 is 0. The summed E-state index contributed by atoms with van der Waals surface area (Å²) in [6.45, 7) is 2.77. The summed E-state index contributed by atoms with van der Waals surface area (Å²) in [5, 5.41) is 3.53.